The maximum atomic E-state index is 14.7. The molecule has 2 aliphatic carbocycles. The predicted octanol–water partition coefficient (Wildman–Crippen LogP) is 9.73. The van der Waals surface area contributed by atoms with E-state index in [-0.39, 0.29) is 36.0 Å². The quantitative estimate of drug-likeness (QED) is 0.0473. The highest BCUT2D eigenvalue weighted by Gasteiger charge is 2.49. The van der Waals surface area contributed by atoms with E-state index in [2.05, 4.69) is 67.6 Å². The highest BCUT2D eigenvalue weighted by atomic mass is 17.2. The van der Waals surface area contributed by atoms with Gasteiger partial charge in [-0.25, -0.2) is 19.8 Å². The Morgan fingerprint density at radius 2 is 1.32 bits per heavy atom. The van der Waals surface area contributed by atoms with Crippen LogP contribution < -0.4 is 5.32 Å². The van der Waals surface area contributed by atoms with Crippen LogP contribution in [0.15, 0.2) is 114 Å². The van der Waals surface area contributed by atoms with Gasteiger partial charge in [0.2, 0.25) is 6.40 Å². The zero-order chi connectivity index (χ0) is 45.1. The van der Waals surface area contributed by atoms with E-state index in [1.54, 1.807) is 0 Å². The Kier molecular flexibility index (Phi) is 12.4. The van der Waals surface area contributed by atoms with Crippen molar-refractivity contribution in [3.05, 3.63) is 132 Å². The molecule has 2 saturated carbocycles. The van der Waals surface area contributed by atoms with Crippen LogP contribution in [-0.2, 0) is 24.1 Å². The smallest absolute Gasteiger partial charge is 0.407 e. The summed E-state index contributed by atoms with van der Waals surface area (Å²) in [4.78, 5) is 77.5. The molecule has 4 aliphatic rings. The highest BCUT2D eigenvalue weighted by molar-refractivity contribution is 5.88. The topological polar surface area (TPSA) is 167 Å². The number of nitrogens with zero attached hydrogens (tertiary/aromatic N) is 5. The van der Waals surface area contributed by atoms with E-state index in [4.69, 9.17) is 24.5 Å². The SMILES string of the molecule is COO/C=N\[C@@H](C(=O)N1[C@H](c2nc3cc(-c4ccc(-c5cnc([C@@H]6C[C@@H]7CCCC[C@@H]7N6C(=O)[C@H](NC(=O)OC)c6ccccc6)[nH]5)cc4)ccc3[nH]2)C[C@@H]2CCCC[C@@H]21)c1ccccc1. The number of hydrogen-bond acceptors (Lipinski definition) is 9. The number of imidazole rings is 2. The molecule has 14 nitrogen and oxygen atoms in total. The van der Waals surface area contributed by atoms with Gasteiger partial charge in [-0.15, -0.1) is 0 Å². The van der Waals surface area contributed by atoms with Gasteiger partial charge in [0.05, 0.1) is 49.2 Å². The Bertz CT molecular complexity index is 2690. The summed E-state index contributed by atoms with van der Waals surface area (Å²) in [6, 6.07) is 31.7. The summed E-state index contributed by atoms with van der Waals surface area (Å²) < 4.78 is 4.95. The molecule has 14 heteroatoms. The molecule has 0 bridgehead atoms. The standard InChI is InChI=1S/C52H56N8O6/c1-64-52(63)58-47(35-15-7-4-8-16-35)51(62)59-42-19-11-9-17-37(42)28-44(59)48-53-30-41(57-48)33-23-21-32(22-24-33)36-25-26-39-40(27-36)56-49(55-39)45-29-38-18-10-12-20-43(38)60(45)50(61)46(54-31-66-65-2)34-13-5-3-6-14-34/h3-8,13-16,21-27,30-31,37-38,42-47H,9-12,17-20,28-29H2,1-2H3,(H,53,57)(H,55,56)(H,58,63)/b54-31-/t37-,38-,42-,43-,44-,45-,46+,47+/m0/s1. The van der Waals surface area contributed by atoms with Crippen LogP contribution in [0, 0.1) is 11.8 Å². The molecule has 2 aromatic heterocycles. The van der Waals surface area contributed by atoms with Crippen LogP contribution in [0.4, 0.5) is 4.79 Å². The number of likely N-dealkylation sites (tertiary alicyclic amines) is 2. The maximum absolute atomic E-state index is 14.7. The number of carbonyl (C=O) groups is 3. The van der Waals surface area contributed by atoms with Gasteiger partial charge in [0.15, 0.2) is 6.04 Å². The summed E-state index contributed by atoms with van der Waals surface area (Å²) in [7, 11) is 2.72. The number of aromatic amines is 2. The lowest BCUT2D eigenvalue weighted by Gasteiger charge is -2.36. The minimum Gasteiger partial charge on any atom is -0.453 e. The molecule has 4 fully saturated rings. The lowest BCUT2D eigenvalue weighted by atomic mass is 9.84. The minimum atomic E-state index is -0.887. The van der Waals surface area contributed by atoms with Crippen LogP contribution in [-0.4, -0.2) is 80.3 Å². The van der Waals surface area contributed by atoms with Gasteiger partial charge in [0.25, 0.3) is 11.8 Å². The fraction of sp³-hybridized carbons (Fsp3) is 0.385. The minimum absolute atomic E-state index is 0.0648. The van der Waals surface area contributed by atoms with E-state index in [0.29, 0.717) is 17.4 Å². The van der Waals surface area contributed by atoms with Gasteiger partial charge in [0, 0.05) is 12.1 Å². The zero-order valence-corrected chi connectivity index (χ0v) is 37.3. The lowest BCUT2D eigenvalue weighted by molar-refractivity contribution is -0.188. The van der Waals surface area contributed by atoms with Crippen LogP contribution in [0.1, 0.15) is 111 Å². The van der Waals surface area contributed by atoms with E-state index in [1.807, 2.05) is 71.8 Å². The maximum Gasteiger partial charge on any atom is 0.407 e. The third-order valence-electron chi connectivity index (χ3n) is 14.5. The number of H-pyrrole nitrogens is 2. The Labute approximate surface area is 384 Å². The number of benzene rings is 4. The number of carbonyl (C=O) groups excluding carboxylic acids is 3. The van der Waals surface area contributed by atoms with E-state index in [0.717, 1.165) is 115 Å². The first kappa shape index (κ1) is 43.1. The summed E-state index contributed by atoms with van der Waals surface area (Å²) in [5, 5.41) is 2.82. The highest BCUT2D eigenvalue weighted by Crippen LogP contribution is 2.49. The molecule has 0 radical (unpaired) electrons. The van der Waals surface area contributed by atoms with Crippen molar-refractivity contribution in [3.63, 3.8) is 0 Å². The van der Waals surface area contributed by atoms with Crippen molar-refractivity contribution >= 4 is 35.3 Å². The summed E-state index contributed by atoms with van der Waals surface area (Å²) in [6.07, 6.45) is 12.5. The largest absolute Gasteiger partial charge is 0.453 e. The molecule has 3 N–H and O–H groups in total. The Morgan fingerprint density at radius 3 is 1.98 bits per heavy atom. The normalized spacial score (nSPS) is 23.6. The first-order valence-corrected chi connectivity index (χ1v) is 23.3. The number of rotatable bonds is 12. The molecule has 4 heterocycles. The van der Waals surface area contributed by atoms with Crippen LogP contribution in [0.25, 0.3) is 33.4 Å². The van der Waals surface area contributed by atoms with Crippen molar-refractivity contribution in [1.29, 1.82) is 0 Å². The molecular weight excluding hydrogens is 833 g/mol. The van der Waals surface area contributed by atoms with Gasteiger partial charge in [-0.05, 0) is 90.3 Å². The van der Waals surface area contributed by atoms with E-state index < -0.39 is 18.2 Å². The van der Waals surface area contributed by atoms with Crippen molar-refractivity contribution in [2.75, 3.05) is 14.2 Å². The molecular formula is C52H56N8O6. The molecule has 2 aliphatic heterocycles. The first-order chi connectivity index (χ1) is 32.4. The predicted molar refractivity (Wildman–Crippen MR) is 250 cm³/mol. The third-order valence-corrected chi connectivity index (χ3v) is 14.5. The van der Waals surface area contributed by atoms with Crippen LogP contribution in [0.5, 0.6) is 0 Å². The van der Waals surface area contributed by atoms with Crippen molar-refractivity contribution < 1.29 is 28.9 Å². The number of ether oxygens (including phenoxy) is 1. The van der Waals surface area contributed by atoms with E-state index >= 15 is 0 Å². The van der Waals surface area contributed by atoms with Crippen LogP contribution in [0.3, 0.4) is 0 Å². The van der Waals surface area contributed by atoms with Gasteiger partial charge in [-0.1, -0.05) is 117 Å². The second-order valence-electron chi connectivity index (χ2n) is 18.1. The third kappa shape index (κ3) is 8.45. The number of amides is 3. The number of hydrogen-bond donors (Lipinski definition) is 3. The van der Waals surface area contributed by atoms with Gasteiger partial charge < -0.3 is 34.7 Å². The van der Waals surface area contributed by atoms with Gasteiger partial charge in [-0.3, -0.25) is 9.59 Å². The van der Waals surface area contributed by atoms with Crippen LogP contribution in [0.2, 0.25) is 0 Å². The van der Waals surface area contributed by atoms with Crippen molar-refractivity contribution in [2.24, 2.45) is 16.8 Å². The molecule has 0 unspecified atom stereocenters. The summed E-state index contributed by atoms with van der Waals surface area (Å²) in [5.74, 6) is 2.05. The first-order valence-electron chi connectivity index (χ1n) is 23.3. The van der Waals surface area contributed by atoms with Crippen LogP contribution >= 0.6 is 0 Å². The number of methoxy groups -OCH3 is 1. The van der Waals surface area contributed by atoms with Crippen molar-refractivity contribution in [3.8, 4) is 22.4 Å². The van der Waals surface area contributed by atoms with Crippen molar-refractivity contribution in [1.82, 2.24) is 35.1 Å². The van der Waals surface area contributed by atoms with Gasteiger partial charge in [0.1, 0.15) is 17.7 Å². The number of nitrogens with one attached hydrogen (secondary N) is 3. The lowest BCUT2D eigenvalue weighted by Crippen LogP contribution is -2.47. The summed E-state index contributed by atoms with van der Waals surface area (Å²) >= 11 is 0. The second kappa shape index (κ2) is 19.0. The van der Waals surface area contributed by atoms with E-state index in [1.165, 1.54) is 20.6 Å². The monoisotopic (exact) mass is 888 g/mol. The Morgan fingerprint density at radius 1 is 0.712 bits per heavy atom. The molecule has 4 aromatic carbocycles. The second-order valence-corrected chi connectivity index (χ2v) is 18.1. The molecule has 3 amide bonds. The fourth-order valence-corrected chi connectivity index (χ4v) is 11.4. The average Bonchev–Trinajstić information content (AvgIpc) is 4.18. The Hall–Kier alpha value is -6.80. The zero-order valence-electron chi connectivity index (χ0n) is 37.3. The molecule has 2 saturated heterocycles. The Balaban J connectivity index is 0.891. The van der Waals surface area contributed by atoms with E-state index in [9.17, 15) is 14.4 Å². The number of fused-ring (bicyclic) bond motifs is 3. The molecule has 10 rings (SSSR count). The number of alkyl carbamates (subject to hydrolysis) is 1. The summed E-state index contributed by atoms with van der Waals surface area (Å²) in [5.41, 5.74) is 7.15. The molecule has 340 valence electrons. The van der Waals surface area contributed by atoms with Crippen molar-refractivity contribution in [2.45, 2.75) is 100 Å². The van der Waals surface area contributed by atoms with Gasteiger partial charge >= 0.3 is 6.09 Å². The number of aliphatic imine (C=N–C) groups is 1. The molecule has 66 heavy (non-hydrogen) atoms. The van der Waals surface area contributed by atoms with Gasteiger partial charge in [-0.2, -0.15) is 4.89 Å². The molecule has 0 spiro atoms. The fourth-order valence-electron chi connectivity index (χ4n) is 11.4. The average molecular weight is 889 g/mol. The number of aromatic nitrogens is 4. The molecule has 6 aromatic rings. The summed E-state index contributed by atoms with van der Waals surface area (Å²) in [6.45, 7) is 0. The molecule has 8 atom stereocenters.